The van der Waals surface area contributed by atoms with Crippen LogP contribution in [0.15, 0.2) is 36.4 Å². The molecule has 1 heterocycles. The molecule has 0 amide bonds. The van der Waals surface area contributed by atoms with Gasteiger partial charge in [0.25, 0.3) is 0 Å². The summed E-state index contributed by atoms with van der Waals surface area (Å²) in [7, 11) is 0. The quantitative estimate of drug-likeness (QED) is 0.168. The molecule has 0 saturated carbocycles. The average Bonchev–Trinajstić information content (AvgIpc) is 3.12. The van der Waals surface area contributed by atoms with Crippen LogP contribution in [0.25, 0.3) is 0 Å². The lowest BCUT2D eigenvalue weighted by molar-refractivity contribution is -0.150. The molecule has 0 radical (unpaired) electrons. The zero-order valence-corrected chi connectivity index (χ0v) is 15.8. The van der Waals surface area contributed by atoms with Gasteiger partial charge in [0.05, 0.1) is 50.8 Å². The summed E-state index contributed by atoms with van der Waals surface area (Å²) in [6, 6.07) is 5.20. The van der Waals surface area contributed by atoms with Gasteiger partial charge in [-0.25, -0.2) is 19.2 Å². The smallest absolute Gasteiger partial charge is 0.338 e. The van der Waals surface area contributed by atoms with E-state index >= 15 is 0 Å². The number of aromatic carboxylic acids is 2. The van der Waals surface area contributed by atoms with E-state index in [4.69, 9.17) is 30.6 Å². The highest BCUT2D eigenvalue weighted by molar-refractivity contribution is 6.04. The molecule has 1 aliphatic heterocycles. The summed E-state index contributed by atoms with van der Waals surface area (Å²) in [4.78, 5) is 40.6. The van der Waals surface area contributed by atoms with E-state index in [2.05, 4.69) is 9.47 Å². The largest absolute Gasteiger partial charge is 0.478 e. The van der Waals surface area contributed by atoms with Crippen molar-refractivity contribution < 1.29 is 59.3 Å². The van der Waals surface area contributed by atoms with Gasteiger partial charge in [-0.2, -0.15) is 0 Å². The predicted octanol–water partition coefficient (Wildman–Crippen LogP) is -1.33. The van der Waals surface area contributed by atoms with Crippen molar-refractivity contribution in [1.29, 1.82) is 0 Å². The van der Waals surface area contributed by atoms with E-state index in [1.54, 1.807) is 0 Å². The Morgan fingerprint density at radius 1 is 0.767 bits per heavy atom. The van der Waals surface area contributed by atoms with Crippen LogP contribution in [0.5, 0.6) is 0 Å². The summed E-state index contributed by atoms with van der Waals surface area (Å²) in [5.74, 6) is -3.41. The minimum absolute atomic E-state index is 0.0186. The van der Waals surface area contributed by atoms with Crippen molar-refractivity contribution in [3.63, 3.8) is 0 Å². The fourth-order valence-electron chi connectivity index (χ4n) is 1.32. The van der Waals surface area contributed by atoms with Crippen molar-refractivity contribution in [2.75, 3.05) is 39.6 Å². The van der Waals surface area contributed by atoms with Crippen LogP contribution in [0.1, 0.15) is 20.7 Å². The third kappa shape index (κ3) is 17.0. The van der Waals surface area contributed by atoms with E-state index in [0.29, 0.717) is 13.2 Å². The van der Waals surface area contributed by atoms with Crippen molar-refractivity contribution in [3.8, 4) is 0 Å². The number of cyclic esters (lactones) is 2. The van der Waals surface area contributed by atoms with Crippen LogP contribution in [0, 0.1) is 0 Å². The summed E-state index contributed by atoms with van der Waals surface area (Å²) >= 11 is 0. The fraction of sp³-hybridized carbons (Fsp3) is 0.333. The van der Waals surface area contributed by atoms with E-state index in [1.165, 1.54) is 18.2 Å². The number of rotatable bonds is 7. The maximum absolute atomic E-state index is 10.4. The number of ether oxygens (including phenoxy) is 2. The van der Waals surface area contributed by atoms with Crippen LogP contribution in [0.4, 0.5) is 0 Å². The summed E-state index contributed by atoms with van der Waals surface area (Å²) in [6.45, 7) is 0.446. The van der Waals surface area contributed by atoms with E-state index < -0.39 is 23.9 Å². The highest BCUT2D eigenvalue weighted by atomic mass is 16.6. The van der Waals surface area contributed by atoms with Crippen LogP contribution in [-0.4, -0.2) is 94.2 Å². The molecular formula is C18H24O12. The number of carbonyl (C=O) groups excluding carboxylic acids is 2. The van der Waals surface area contributed by atoms with Gasteiger partial charge in [0, 0.05) is 12.2 Å². The predicted molar refractivity (Wildman–Crippen MR) is 99.8 cm³/mol. The topological polar surface area (TPSA) is 208 Å². The number of benzene rings is 1. The standard InChI is InChI=1S/C8H6O4.C4H2O3.C4H10O3.C2H6O2/c9-7(10)5-2-1-3-6(4-5)8(11)12;5-3-1-2-4(6)7-3;5-1-3-7-4-2-6;3-1-2-4/h1-4H,(H,9,10)(H,11,12);1-2H;5-6H,1-4H2;3-4H,1-2H2. The Morgan fingerprint density at radius 2 is 1.17 bits per heavy atom. The Kier molecular flexibility index (Phi) is 18.6. The lowest BCUT2D eigenvalue weighted by Crippen LogP contribution is -2.03. The molecule has 0 saturated heterocycles. The number of carboxylic acids is 2. The van der Waals surface area contributed by atoms with Gasteiger partial charge in [0.15, 0.2) is 0 Å². The van der Waals surface area contributed by atoms with Gasteiger partial charge in [-0.15, -0.1) is 0 Å². The van der Waals surface area contributed by atoms with Gasteiger partial charge in [0.2, 0.25) is 0 Å². The van der Waals surface area contributed by atoms with Crippen LogP contribution in [0.2, 0.25) is 0 Å². The van der Waals surface area contributed by atoms with Gasteiger partial charge in [0.1, 0.15) is 0 Å². The SMILES string of the molecule is O=C(O)c1cccc(C(=O)O)c1.O=C1C=CC(=O)O1.OCCO.OCCOCCO. The van der Waals surface area contributed by atoms with Crippen molar-refractivity contribution in [2.45, 2.75) is 0 Å². The molecule has 1 aromatic rings. The van der Waals surface area contributed by atoms with E-state index in [1.807, 2.05) is 0 Å². The molecular weight excluding hydrogens is 408 g/mol. The van der Waals surface area contributed by atoms with Crippen molar-refractivity contribution >= 4 is 23.9 Å². The number of aliphatic hydroxyl groups excluding tert-OH is 4. The molecule has 1 aromatic carbocycles. The molecule has 0 unspecified atom stereocenters. The molecule has 0 aliphatic carbocycles. The van der Waals surface area contributed by atoms with Crippen LogP contribution < -0.4 is 0 Å². The van der Waals surface area contributed by atoms with Gasteiger partial charge in [-0.1, -0.05) is 6.07 Å². The Morgan fingerprint density at radius 3 is 1.40 bits per heavy atom. The Balaban J connectivity index is 0. The number of carbonyl (C=O) groups is 4. The lowest BCUT2D eigenvalue weighted by Gasteiger charge is -1.95. The van der Waals surface area contributed by atoms with Gasteiger partial charge in [-0.05, 0) is 18.2 Å². The molecule has 0 spiro atoms. The molecule has 6 N–H and O–H groups in total. The molecule has 12 nitrogen and oxygen atoms in total. The normalized spacial score (nSPS) is 11.1. The van der Waals surface area contributed by atoms with Gasteiger partial charge in [-0.3, -0.25) is 0 Å². The first kappa shape index (κ1) is 29.0. The highest BCUT2D eigenvalue weighted by Gasteiger charge is 2.10. The van der Waals surface area contributed by atoms with Gasteiger partial charge < -0.3 is 40.1 Å². The summed E-state index contributed by atoms with van der Waals surface area (Å²) in [5, 5.41) is 48.4. The van der Waals surface area contributed by atoms with Crippen LogP contribution in [0.3, 0.4) is 0 Å². The monoisotopic (exact) mass is 432 g/mol. The van der Waals surface area contributed by atoms with Crippen molar-refractivity contribution in [1.82, 2.24) is 0 Å². The highest BCUT2D eigenvalue weighted by Crippen LogP contribution is 2.04. The van der Waals surface area contributed by atoms with Crippen molar-refractivity contribution in [3.05, 3.63) is 47.5 Å². The Bertz CT molecular complexity index is 632. The summed E-state index contributed by atoms with van der Waals surface area (Å²) < 4.78 is 8.60. The fourth-order valence-corrected chi connectivity index (χ4v) is 1.32. The molecule has 0 aromatic heterocycles. The second kappa shape index (κ2) is 19.2. The number of hydrogen-bond donors (Lipinski definition) is 6. The molecule has 0 atom stereocenters. The summed E-state index contributed by atoms with van der Waals surface area (Å²) in [6.07, 6.45) is 2.17. The zero-order chi connectivity index (χ0) is 23.4. The molecule has 0 bridgehead atoms. The molecule has 168 valence electrons. The Labute approximate surface area is 171 Å². The first-order chi connectivity index (χ1) is 14.2. The minimum atomic E-state index is -1.13. The maximum atomic E-state index is 10.4. The molecule has 30 heavy (non-hydrogen) atoms. The van der Waals surface area contributed by atoms with E-state index in [9.17, 15) is 19.2 Å². The molecule has 0 fully saturated rings. The zero-order valence-electron chi connectivity index (χ0n) is 15.8. The average molecular weight is 432 g/mol. The minimum Gasteiger partial charge on any atom is -0.478 e. The molecule has 12 heteroatoms. The number of aliphatic hydroxyl groups is 4. The van der Waals surface area contributed by atoms with E-state index in [-0.39, 0.29) is 37.6 Å². The lowest BCUT2D eigenvalue weighted by atomic mass is 10.1. The molecule has 2 rings (SSSR count). The summed E-state index contributed by atoms with van der Waals surface area (Å²) in [5.41, 5.74) is -0.0372. The van der Waals surface area contributed by atoms with Gasteiger partial charge >= 0.3 is 23.9 Å². The second-order valence-corrected chi connectivity index (χ2v) is 4.77. The molecule has 1 aliphatic rings. The van der Waals surface area contributed by atoms with Crippen LogP contribution in [-0.2, 0) is 19.1 Å². The number of carboxylic acid groups (broad SMARTS) is 2. The van der Waals surface area contributed by atoms with Crippen molar-refractivity contribution in [2.24, 2.45) is 0 Å². The number of hydrogen-bond acceptors (Lipinski definition) is 10. The Hall–Kier alpha value is -3.16. The first-order valence-electron chi connectivity index (χ1n) is 8.25. The maximum Gasteiger partial charge on any atom is 0.338 e. The third-order valence-corrected chi connectivity index (χ3v) is 2.48. The van der Waals surface area contributed by atoms with Crippen LogP contribution >= 0.6 is 0 Å². The first-order valence-corrected chi connectivity index (χ1v) is 8.25. The second-order valence-electron chi connectivity index (χ2n) is 4.77. The number of esters is 2. The van der Waals surface area contributed by atoms with E-state index in [0.717, 1.165) is 18.2 Å². The third-order valence-electron chi connectivity index (χ3n) is 2.48.